The second kappa shape index (κ2) is 8.17. The van der Waals surface area contributed by atoms with Gasteiger partial charge < -0.3 is 15.5 Å². The Hall–Kier alpha value is -1.56. The van der Waals surface area contributed by atoms with Crippen molar-refractivity contribution in [3.8, 4) is 0 Å². The van der Waals surface area contributed by atoms with E-state index in [1.807, 2.05) is 30.5 Å². The van der Waals surface area contributed by atoms with Gasteiger partial charge in [-0.2, -0.15) is 0 Å². The van der Waals surface area contributed by atoms with Gasteiger partial charge >= 0.3 is 0 Å². The van der Waals surface area contributed by atoms with Crippen LogP contribution in [0.4, 0.5) is 11.6 Å². The molecule has 2 aromatic rings. The lowest BCUT2D eigenvalue weighted by Gasteiger charge is -2.28. The Kier molecular flexibility index (Phi) is 6.24. The van der Waals surface area contributed by atoms with Crippen molar-refractivity contribution in [2.24, 2.45) is 0 Å². The van der Waals surface area contributed by atoms with Crippen LogP contribution in [-0.4, -0.2) is 36.1 Å². The van der Waals surface area contributed by atoms with Crippen LogP contribution in [0.3, 0.4) is 0 Å². The zero-order valence-electron chi connectivity index (χ0n) is 12.1. The van der Waals surface area contributed by atoms with Crippen LogP contribution in [0.1, 0.15) is 5.56 Å². The number of nitrogens with zero attached hydrogens (tertiary/aromatic N) is 3. The third-order valence-corrected chi connectivity index (χ3v) is 3.85. The molecule has 118 valence electrons. The Balaban J connectivity index is 0.00000176. The Bertz CT molecular complexity index is 602. The zero-order valence-corrected chi connectivity index (χ0v) is 13.7. The largest absolute Gasteiger partial charge is 0.365 e. The molecule has 5 nitrogen and oxygen atoms in total. The van der Waals surface area contributed by atoms with Crippen molar-refractivity contribution < 1.29 is 0 Å². The summed E-state index contributed by atoms with van der Waals surface area (Å²) in [5.74, 6) is 1.69. The lowest BCUT2D eigenvalue weighted by molar-refractivity contribution is 0.584. The number of hydrogen-bond donors (Lipinski definition) is 2. The van der Waals surface area contributed by atoms with E-state index in [2.05, 4.69) is 25.5 Å². The van der Waals surface area contributed by atoms with Gasteiger partial charge in [0, 0.05) is 37.7 Å². The highest BCUT2D eigenvalue weighted by Gasteiger charge is 2.12. The number of aromatic nitrogens is 2. The van der Waals surface area contributed by atoms with E-state index in [9.17, 15) is 0 Å². The van der Waals surface area contributed by atoms with Crippen molar-refractivity contribution in [1.82, 2.24) is 15.3 Å². The quantitative estimate of drug-likeness (QED) is 0.896. The number of halogens is 2. The standard InChI is InChI=1S/C15H18ClN5.ClH/c16-13-4-2-1-3-12(13)9-19-14-10-18-11-15(20-14)21-7-5-17-6-8-21;/h1-4,10-11,17H,5-9H2,(H,19,20);1H. The molecule has 0 aliphatic carbocycles. The average molecular weight is 340 g/mol. The maximum Gasteiger partial charge on any atom is 0.149 e. The van der Waals surface area contributed by atoms with E-state index in [4.69, 9.17) is 11.6 Å². The minimum atomic E-state index is 0. The first-order valence-electron chi connectivity index (χ1n) is 7.08. The van der Waals surface area contributed by atoms with E-state index in [0.29, 0.717) is 6.54 Å². The fraction of sp³-hybridized carbons (Fsp3) is 0.333. The maximum absolute atomic E-state index is 6.15. The molecule has 2 heterocycles. The summed E-state index contributed by atoms with van der Waals surface area (Å²) in [6.45, 7) is 4.53. The fourth-order valence-electron chi connectivity index (χ4n) is 2.31. The van der Waals surface area contributed by atoms with Gasteiger partial charge in [-0.15, -0.1) is 12.4 Å². The highest BCUT2D eigenvalue weighted by Crippen LogP contribution is 2.17. The summed E-state index contributed by atoms with van der Waals surface area (Å²) in [6, 6.07) is 7.80. The number of nitrogens with one attached hydrogen (secondary N) is 2. The van der Waals surface area contributed by atoms with E-state index in [1.165, 1.54) is 0 Å². The molecule has 7 heteroatoms. The van der Waals surface area contributed by atoms with E-state index in [-0.39, 0.29) is 12.4 Å². The molecule has 0 bridgehead atoms. The summed E-state index contributed by atoms with van der Waals surface area (Å²) in [4.78, 5) is 11.1. The van der Waals surface area contributed by atoms with E-state index in [0.717, 1.165) is 48.4 Å². The Labute approximate surface area is 141 Å². The third-order valence-electron chi connectivity index (χ3n) is 3.48. The number of anilines is 2. The Morgan fingerprint density at radius 1 is 1.18 bits per heavy atom. The van der Waals surface area contributed by atoms with Gasteiger partial charge in [0.15, 0.2) is 0 Å². The maximum atomic E-state index is 6.15. The van der Waals surface area contributed by atoms with Crippen molar-refractivity contribution in [2.45, 2.75) is 6.54 Å². The first-order chi connectivity index (χ1) is 10.3. The van der Waals surface area contributed by atoms with Crippen LogP contribution >= 0.6 is 24.0 Å². The van der Waals surface area contributed by atoms with Gasteiger partial charge in [-0.3, -0.25) is 4.98 Å². The monoisotopic (exact) mass is 339 g/mol. The third kappa shape index (κ3) is 4.22. The minimum absolute atomic E-state index is 0. The molecule has 3 rings (SSSR count). The smallest absolute Gasteiger partial charge is 0.149 e. The SMILES string of the molecule is Cl.Clc1ccccc1CNc1cncc(N2CCNCC2)n1. The molecular weight excluding hydrogens is 321 g/mol. The van der Waals surface area contributed by atoms with Crippen molar-refractivity contribution in [2.75, 3.05) is 36.4 Å². The van der Waals surface area contributed by atoms with Crippen molar-refractivity contribution in [3.63, 3.8) is 0 Å². The second-order valence-electron chi connectivity index (χ2n) is 4.94. The molecule has 0 unspecified atom stereocenters. The van der Waals surface area contributed by atoms with Crippen LogP contribution in [0, 0.1) is 0 Å². The molecular formula is C15H19Cl2N5. The highest BCUT2D eigenvalue weighted by atomic mass is 35.5. The topological polar surface area (TPSA) is 53.1 Å². The molecule has 0 saturated carbocycles. The molecule has 0 atom stereocenters. The van der Waals surface area contributed by atoms with Crippen LogP contribution < -0.4 is 15.5 Å². The summed E-state index contributed by atoms with van der Waals surface area (Å²) in [6.07, 6.45) is 3.55. The van der Waals surface area contributed by atoms with Crippen LogP contribution in [-0.2, 0) is 6.54 Å². The Morgan fingerprint density at radius 2 is 1.95 bits per heavy atom. The molecule has 0 amide bonds. The predicted octanol–water partition coefficient (Wildman–Crippen LogP) is 2.57. The summed E-state index contributed by atoms with van der Waals surface area (Å²) in [7, 11) is 0. The molecule has 1 saturated heterocycles. The van der Waals surface area contributed by atoms with Crippen LogP contribution in [0.15, 0.2) is 36.7 Å². The van der Waals surface area contributed by atoms with Crippen LogP contribution in [0.2, 0.25) is 5.02 Å². The Morgan fingerprint density at radius 3 is 2.73 bits per heavy atom. The molecule has 1 fully saturated rings. The van der Waals surface area contributed by atoms with Crippen molar-refractivity contribution >= 4 is 35.6 Å². The number of hydrogen-bond acceptors (Lipinski definition) is 5. The van der Waals surface area contributed by atoms with Crippen molar-refractivity contribution in [1.29, 1.82) is 0 Å². The molecule has 1 aliphatic heterocycles. The van der Waals surface area contributed by atoms with Crippen LogP contribution in [0.5, 0.6) is 0 Å². The van der Waals surface area contributed by atoms with Gasteiger partial charge in [0.2, 0.25) is 0 Å². The predicted molar refractivity (Wildman–Crippen MR) is 93.1 cm³/mol. The van der Waals surface area contributed by atoms with Gasteiger partial charge in [-0.05, 0) is 11.6 Å². The highest BCUT2D eigenvalue weighted by molar-refractivity contribution is 6.31. The first-order valence-corrected chi connectivity index (χ1v) is 7.46. The lowest BCUT2D eigenvalue weighted by Crippen LogP contribution is -2.44. The summed E-state index contributed by atoms with van der Waals surface area (Å²) >= 11 is 6.15. The van der Waals surface area contributed by atoms with Crippen LogP contribution in [0.25, 0.3) is 0 Å². The van der Waals surface area contributed by atoms with Crippen molar-refractivity contribution in [3.05, 3.63) is 47.2 Å². The van der Waals surface area contributed by atoms with E-state index in [1.54, 1.807) is 6.20 Å². The van der Waals surface area contributed by atoms with Gasteiger partial charge in [-0.25, -0.2) is 4.98 Å². The summed E-state index contributed by atoms with van der Waals surface area (Å²) < 4.78 is 0. The van der Waals surface area contributed by atoms with Gasteiger partial charge in [0.05, 0.1) is 12.4 Å². The van der Waals surface area contributed by atoms with E-state index >= 15 is 0 Å². The second-order valence-corrected chi connectivity index (χ2v) is 5.35. The van der Waals surface area contributed by atoms with Gasteiger partial charge in [-0.1, -0.05) is 29.8 Å². The molecule has 1 aromatic carbocycles. The molecule has 0 spiro atoms. The van der Waals surface area contributed by atoms with E-state index < -0.39 is 0 Å². The molecule has 1 aromatic heterocycles. The number of rotatable bonds is 4. The summed E-state index contributed by atoms with van der Waals surface area (Å²) in [5.41, 5.74) is 1.05. The molecule has 22 heavy (non-hydrogen) atoms. The fourth-order valence-corrected chi connectivity index (χ4v) is 2.52. The average Bonchev–Trinajstić information content (AvgIpc) is 2.55. The van der Waals surface area contributed by atoms with Gasteiger partial charge in [0.25, 0.3) is 0 Å². The minimum Gasteiger partial charge on any atom is -0.365 e. The zero-order chi connectivity index (χ0) is 14.5. The first kappa shape index (κ1) is 16.8. The summed E-state index contributed by atoms with van der Waals surface area (Å²) in [5, 5.41) is 7.37. The molecule has 2 N–H and O–H groups in total. The number of piperazine rings is 1. The number of benzene rings is 1. The lowest BCUT2D eigenvalue weighted by atomic mass is 10.2. The van der Waals surface area contributed by atoms with Gasteiger partial charge in [0.1, 0.15) is 11.6 Å². The molecule has 0 radical (unpaired) electrons. The molecule has 1 aliphatic rings. The normalized spacial score (nSPS) is 14.3.